The molecule has 0 N–H and O–H groups in total. The summed E-state index contributed by atoms with van der Waals surface area (Å²) in [6.07, 6.45) is 13.3. The lowest BCUT2D eigenvalue weighted by atomic mass is 10.2. The molecule has 4 heterocycles. The standard InChI is InChI=1S/C14H17N7/c1-2-12(9-20-11-16-10-18-20)19(4-1)8-13-6-17-14-7-15-3-5-21(13)14/h3,5-7,10-12H,1-2,4,8-9H2. The van der Waals surface area contributed by atoms with Crippen molar-refractivity contribution < 1.29 is 0 Å². The minimum Gasteiger partial charge on any atom is -0.300 e. The van der Waals surface area contributed by atoms with Crippen LogP contribution in [0.25, 0.3) is 5.65 Å². The zero-order valence-corrected chi connectivity index (χ0v) is 11.7. The minimum absolute atomic E-state index is 0.513. The van der Waals surface area contributed by atoms with Crippen LogP contribution in [0.15, 0.2) is 37.4 Å². The second-order valence-corrected chi connectivity index (χ2v) is 5.44. The Morgan fingerprint density at radius 1 is 1.24 bits per heavy atom. The molecule has 3 aromatic heterocycles. The predicted octanol–water partition coefficient (Wildman–Crippen LogP) is 0.985. The molecule has 0 aromatic carbocycles. The Kier molecular flexibility index (Phi) is 3.11. The van der Waals surface area contributed by atoms with Crippen molar-refractivity contribution in [2.45, 2.75) is 32.0 Å². The number of rotatable bonds is 4. The van der Waals surface area contributed by atoms with Crippen molar-refractivity contribution in [2.75, 3.05) is 6.54 Å². The van der Waals surface area contributed by atoms with Gasteiger partial charge in [-0.2, -0.15) is 5.10 Å². The zero-order valence-electron chi connectivity index (χ0n) is 11.7. The number of nitrogens with zero attached hydrogens (tertiary/aromatic N) is 7. The molecule has 1 aliphatic heterocycles. The lowest BCUT2D eigenvalue weighted by Crippen LogP contribution is -2.33. The Morgan fingerprint density at radius 2 is 2.24 bits per heavy atom. The van der Waals surface area contributed by atoms with Crippen LogP contribution >= 0.6 is 0 Å². The smallest absolute Gasteiger partial charge is 0.155 e. The van der Waals surface area contributed by atoms with Crippen LogP contribution in [0.1, 0.15) is 18.5 Å². The highest BCUT2D eigenvalue weighted by molar-refractivity contribution is 5.36. The van der Waals surface area contributed by atoms with Gasteiger partial charge < -0.3 is 0 Å². The molecule has 0 bridgehead atoms. The summed E-state index contributed by atoms with van der Waals surface area (Å²) >= 11 is 0. The average molecular weight is 283 g/mol. The molecule has 1 saturated heterocycles. The topological polar surface area (TPSA) is 64.1 Å². The fourth-order valence-electron chi connectivity index (χ4n) is 3.07. The van der Waals surface area contributed by atoms with Crippen molar-refractivity contribution in [3.05, 3.63) is 43.1 Å². The predicted molar refractivity (Wildman–Crippen MR) is 76.4 cm³/mol. The minimum atomic E-state index is 0.513. The van der Waals surface area contributed by atoms with Crippen LogP contribution in [0.2, 0.25) is 0 Å². The van der Waals surface area contributed by atoms with Crippen LogP contribution in [-0.2, 0) is 13.1 Å². The van der Waals surface area contributed by atoms with E-state index in [0.29, 0.717) is 6.04 Å². The van der Waals surface area contributed by atoms with E-state index in [-0.39, 0.29) is 0 Å². The van der Waals surface area contributed by atoms with Gasteiger partial charge in [0.25, 0.3) is 0 Å². The number of imidazole rings is 1. The number of hydrogen-bond donors (Lipinski definition) is 0. The number of fused-ring (bicyclic) bond motifs is 1. The quantitative estimate of drug-likeness (QED) is 0.714. The van der Waals surface area contributed by atoms with Gasteiger partial charge in [-0.3, -0.25) is 19.0 Å². The largest absolute Gasteiger partial charge is 0.300 e. The van der Waals surface area contributed by atoms with Crippen LogP contribution < -0.4 is 0 Å². The molecule has 108 valence electrons. The first-order chi connectivity index (χ1) is 10.4. The lowest BCUT2D eigenvalue weighted by molar-refractivity contribution is 0.216. The van der Waals surface area contributed by atoms with E-state index in [1.165, 1.54) is 18.5 Å². The van der Waals surface area contributed by atoms with Crippen molar-refractivity contribution in [1.29, 1.82) is 0 Å². The zero-order chi connectivity index (χ0) is 14.1. The first-order valence-electron chi connectivity index (χ1n) is 7.22. The normalized spacial score (nSPS) is 19.5. The third-order valence-electron chi connectivity index (χ3n) is 4.12. The Bertz CT molecular complexity index is 718. The molecule has 0 amide bonds. The average Bonchev–Trinajstić information content (AvgIpc) is 3.23. The van der Waals surface area contributed by atoms with E-state index in [9.17, 15) is 0 Å². The second-order valence-electron chi connectivity index (χ2n) is 5.44. The molecule has 0 saturated carbocycles. The number of aromatic nitrogens is 6. The van der Waals surface area contributed by atoms with Crippen LogP contribution in [0.4, 0.5) is 0 Å². The van der Waals surface area contributed by atoms with E-state index in [2.05, 4.69) is 29.4 Å². The summed E-state index contributed by atoms with van der Waals surface area (Å²) in [5.41, 5.74) is 2.11. The molecule has 3 aromatic rings. The summed E-state index contributed by atoms with van der Waals surface area (Å²) in [6, 6.07) is 0.513. The molecule has 1 aliphatic rings. The molecular formula is C14H17N7. The molecule has 21 heavy (non-hydrogen) atoms. The molecule has 0 radical (unpaired) electrons. The van der Waals surface area contributed by atoms with Crippen LogP contribution in [0, 0.1) is 0 Å². The molecule has 7 nitrogen and oxygen atoms in total. The van der Waals surface area contributed by atoms with Gasteiger partial charge in [0.2, 0.25) is 0 Å². The van der Waals surface area contributed by atoms with Crippen LogP contribution in [0.5, 0.6) is 0 Å². The van der Waals surface area contributed by atoms with Gasteiger partial charge in [-0.05, 0) is 19.4 Å². The maximum absolute atomic E-state index is 4.41. The Labute approximate surface area is 122 Å². The van der Waals surface area contributed by atoms with Crippen molar-refractivity contribution in [1.82, 2.24) is 34.0 Å². The van der Waals surface area contributed by atoms with Crippen molar-refractivity contribution in [3.63, 3.8) is 0 Å². The summed E-state index contributed by atoms with van der Waals surface area (Å²) in [5.74, 6) is 0. The van der Waals surface area contributed by atoms with E-state index >= 15 is 0 Å². The van der Waals surface area contributed by atoms with Gasteiger partial charge in [-0.15, -0.1) is 0 Å². The van der Waals surface area contributed by atoms with Gasteiger partial charge in [-0.25, -0.2) is 9.97 Å². The maximum Gasteiger partial charge on any atom is 0.155 e. The molecule has 1 unspecified atom stereocenters. The van der Waals surface area contributed by atoms with E-state index in [4.69, 9.17) is 0 Å². The molecule has 1 fully saturated rings. The summed E-state index contributed by atoms with van der Waals surface area (Å²) in [4.78, 5) is 15.0. The summed E-state index contributed by atoms with van der Waals surface area (Å²) in [7, 11) is 0. The fourth-order valence-corrected chi connectivity index (χ4v) is 3.07. The van der Waals surface area contributed by atoms with Gasteiger partial charge in [-0.1, -0.05) is 0 Å². The molecule has 4 rings (SSSR count). The van der Waals surface area contributed by atoms with E-state index in [1.807, 2.05) is 17.1 Å². The molecule has 1 atom stereocenters. The monoisotopic (exact) mass is 283 g/mol. The summed E-state index contributed by atoms with van der Waals surface area (Å²) < 4.78 is 4.03. The van der Waals surface area contributed by atoms with Gasteiger partial charge in [0.05, 0.1) is 24.6 Å². The van der Waals surface area contributed by atoms with Crippen LogP contribution in [-0.4, -0.2) is 46.6 Å². The molecule has 0 aliphatic carbocycles. The summed E-state index contributed by atoms with van der Waals surface area (Å²) in [6.45, 7) is 2.93. The fraction of sp³-hybridized carbons (Fsp3) is 0.429. The van der Waals surface area contributed by atoms with E-state index in [1.54, 1.807) is 25.0 Å². The van der Waals surface area contributed by atoms with E-state index < -0.39 is 0 Å². The lowest BCUT2D eigenvalue weighted by Gasteiger charge is -2.23. The Balaban J connectivity index is 1.53. The van der Waals surface area contributed by atoms with Crippen molar-refractivity contribution in [3.8, 4) is 0 Å². The highest BCUT2D eigenvalue weighted by atomic mass is 15.3. The Hall–Kier alpha value is -2.28. The molecular weight excluding hydrogens is 266 g/mol. The third kappa shape index (κ3) is 2.40. The van der Waals surface area contributed by atoms with Crippen molar-refractivity contribution >= 4 is 5.65 Å². The first-order valence-corrected chi connectivity index (χ1v) is 7.22. The molecule has 7 heteroatoms. The summed E-state index contributed by atoms with van der Waals surface area (Å²) in [5, 5.41) is 4.21. The first kappa shape index (κ1) is 12.5. The van der Waals surface area contributed by atoms with Gasteiger partial charge in [0.15, 0.2) is 5.65 Å². The number of hydrogen-bond acceptors (Lipinski definition) is 5. The highest BCUT2D eigenvalue weighted by Crippen LogP contribution is 2.21. The maximum atomic E-state index is 4.41. The molecule has 0 spiro atoms. The van der Waals surface area contributed by atoms with Crippen molar-refractivity contribution in [2.24, 2.45) is 0 Å². The van der Waals surface area contributed by atoms with Crippen LogP contribution in [0.3, 0.4) is 0 Å². The Morgan fingerprint density at radius 3 is 3.14 bits per heavy atom. The van der Waals surface area contributed by atoms with Gasteiger partial charge in [0.1, 0.15) is 12.7 Å². The SMILES string of the molecule is c1cn2c(CN3CCCC3Cn3cncn3)cnc2cn1. The highest BCUT2D eigenvalue weighted by Gasteiger charge is 2.25. The second kappa shape index (κ2) is 5.25. The number of likely N-dealkylation sites (tertiary alicyclic amines) is 1. The van der Waals surface area contributed by atoms with Gasteiger partial charge >= 0.3 is 0 Å². The van der Waals surface area contributed by atoms with Gasteiger partial charge in [0, 0.05) is 25.0 Å². The third-order valence-corrected chi connectivity index (χ3v) is 4.12. The van der Waals surface area contributed by atoms with E-state index in [0.717, 1.165) is 25.3 Å².